The third-order valence-corrected chi connectivity index (χ3v) is 2.19. The zero-order valence-electron chi connectivity index (χ0n) is 7.63. The lowest BCUT2D eigenvalue weighted by Crippen LogP contribution is -2.13. The van der Waals surface area contributed by atoms with Crippen molar-refractivity contribution < 1.29 is 9.50 Å². The van der Waals surface area contributed by atoms with E-state index in [0.717, 1.165) is 4.52 Å². The van der Waals surface area contributed by atoms with Gasteiger partial charge in [0.1, 0.15) is 5.65 Å². The summed E-state index contributed by atoms with van der Waals surface area (Å²) >= 11 is 0. The highest BCUT2D eigenvalue weighted by atomic mass is 19.1. The Kier molecular flexibility index (Phi) is 1.60. The van der Waals surface area contributed by atoms with Crippen molar-refractivity contribution >= 4 is 5.65 Å². The van der Waals surface area contributed by atoms with Crippen molar-refractivity contribution in [2.75, 3.05) is 0 Å². The molecule has 0 amide bonds. The minimum absolute atomic E-state index is 0.311. The summed E-state index contributed by atoms with van der Waals surface area (Å²) in [7, 11) is 0. The Morgan fingerprint density at radius 2 is 2.14 bits per heavy atom. The first-order chi connectivity index (χ1) is 6.52. The summed E-state index contributed by atoms with van der Waals surface area (Å²) in [4.78, 5) is 13.3. The highest BCUT2D eigenvalue weighted by molar-refractivity contribution is 5.50. The fraction of sp³-hybridized carbons (Fsp3) is 0.250. The number of fused-ring (bicyclic) bond motifs is 1. The second-order valence-electron chi connectivity index (χ2n) is 3.06. The molecule has 2 aromatic heterocycles. The first-order valence-electron chi connectivity index (χ1n) is 3.99. The molecule has 0 unspecified atom stereocenters. The van der Waals surface area contributed by atoms with Gasteiger partial charge in [-0.1, -0.05) is 0 Å². The highest BCUT2D eigenvalue weighted by Crippen LogP contribution is 2.17. The number of H-pyrrole nitrogens is 1. The molecule has 2 N–H and O–H groups in total. The second kappa shape index (κ2) is 2.57. The number of rotatable bonds is 0. The molecule has 74 valence electrons. The zero-order valence-corrected chi connectivity index (χ0v) is 7.63. The molecule has 0 radical (unpaired) electrons. The number of aromatic hydroxyl groups is 1. The van der Waals surface area contributed by atoms with E-state index in [0.29, 0.717) is 16.9 Å². The number of halogens is 1. The van der Waals surface area contributed by atoms with Gasteiger partial charge in [-0.2, -0.15) is 14.0 Å². The van der Waals surface area contributed by atoms with Crippen LogP contribution in [0, 0.1) is 19.7 Å². The van der Waals surface area contributed by atoms with Gasteiger partial charge in [-0.05, 0) is 13.8 Å². The Morgan fingerprint density at radius 3 is 2.79 bits per heavy atom. The maximum atomic E-state index is 12.9. The number of aryl methyl sites for hydroxylation is 2. The van der Waals surface area contributed by atoms with Gasteiger partial charge in [-0.3, -0.25) is 4.79 Å². The molecule has 0 aliphatic heterocycles. The smallest absolute Gasteiger partial charge is 0.291 e. The van der Waals surface area contributed by atoms with Crippen molar-refractivity contribution in [2.45, 2.75) is 13.8 Å². The van der Waals surface area contributed by atoms with Crippen molar-refractivity contribution in [1.82, 2.24) is 14.6 Å². The van der Waals surface area contributed by atoms with Crippen molar-refractivity contribution in [3.05, 3.63) is 27.4 Å². The minimum atomic E-state index is -1.22. The summed E-state index contributed by atoms with van der Waals surface area (Å²) in [6.45, 7) is 3.43. The van der Waals surface area contributed by atoms with E-state index >= 15 is 0 Å². The van der Waals surface area contributed by atoms with Crippen LogP contribution in [0.4, 0.5) is 4.39 Å². The Balaban J connectivity index is 3.05. The fourth-order valence-electron chi connectivity index (χ4n) is 1.26. The molecule has 5 nitrogen and oxygen atoms in total. The van der Waals surface area contributed by atoms with Gasteiger partial charge in [-0.15, -0.1) is 0 Å². The Labute approximate surface area is 77.8 Å². The zero-order chi connectivity index (χ0) is 10.5. The van der Waals surface area contributed by atoms with Crippen molar-refractivity contribution in [3.8, 4) is 5.88 Å². The molecule has 2 aromatic rings. The predicted octanol–water partition coefficient (Wildman–Crippen LogP) is 0.484. The van der Waals surface area contributed by atoms with E-state index in [4.69, 9.17) is 0 Å². The van der Waals surface area contributed by atoms with E-state index in [9.17, 15) is 14.3 Å². The minimum Gasteiger partial charge on any atom is -0.491 e. The molecule has 2 heterocycles. The van der Waals surface area contributed by atoms with Crippen molar-refractivity contribution in [1.29, 1.82) is 0 Å². The van der Waals surface area contributed by atoms with Crippen LogP contribution in [0.3, 0.4) is 0 Å². The van der Waals surface area contributed by atoms with Gasteiger partial charge in [0, 0.05) is 5.56 Å². The number of nitrogens with zero attached hydrogens (tertiary/aromatic N) is 2. The molecule has 0 atom stereocenters. The van der Waals surface area contributed by atoms with Crippen LogP contribution in [0.5, 0.6) is 5.88 Å². The monoisotopic (exact) mass is 197 g/mol. The summed E-state index contributed by atoms with van der Waals surface area (Å²) < 4.78 is 13.9. The maximum absolute atomic E-state index is 12.9. The molecular formula is C8H8FN3O2. The molecule has 6 heteroatoms. The normalized spacial score (nSPS) is 11.1. The van der Waals surface area contributed by atoms with Gasteiger partial charge in [-0.25, -0.2) is 0 Å². The lowest BCUT2D eigenvalue weighted by atomic mass is 10.3. The van der Waals surface area contributed by atoms with E-state index in [1.54, 1.807) is 13.8 Å². The largest absolute Gasteiger partial charge is 0.491 e. The van der Waals surface area contributed by atoms with Gasteiger partial charge in [0.15, 0.2) is 0 Å². The molecule has 0 spiro atoms. The predicted molar refractivity (Wildman–Crippen MR) is 46.9 cm³/mol. The van der Waals surface area contributed by atoms with Crippen LogP contribution in [0.1, 0.15) is 11.3 Å². The lowest BCUT2D eigenvalue weighted by molar-refractivity contribution is 0.390. The molecule has 0 aromatic carbocycles. The average Bonchev–Trinajstić information content (AvgIpc) is 2.42. The highest BCUT2D eigenvalue weighted by Gasteiger charge is 2.15. The Morgan fingerprint density at radius 1 is 1.50 bits per heavy atom. The van der Waals surface area contributed by atoms with Gasteiger partial charge >= 0.3 is 0 Å². The maximum Gasteiger partial charge on any atom is 0.291 e. The SMILES string of the molecule is Cc1nn2c(O)c(F)c(=O)[nH]c2c1C. The summed E-state index contributed by atoms with van der Waals surface area (Å²) in [5.74, 6) is -1.99. The van der Waals surface area contributed by atoms with Gasteiger partial charge in [0.05, 0.1) is 5.69 Å². The molecule has 0 bridgehead atoms. The number of aromatic nitrogens is 3. The number of nitrogens with one attached hydrogen (secondary N) is 1. The molecule has 0 saturated heterocycles. The first kappa shape index (κ1) is 8.74. The Hall–Kier alpha value is -1.85. The van der Waals surface area contributed by atoms with Gasteiger partial charge in [0.2, 0.25) is 5.82 Å². The third-order valence-electron chi connectivity index (χ3n) is 2.19. The van der Waals surface area contributed by atoms with E-state index in [-0.39, 0.29) is 0 Å². The van der Waals surface area contributed by atoms with Crippen molar-refractivity contribution in [3.63, 3.8) is 0 Å². The van der Waals surface area contributed by atoms with Crippen LogP contribution in [0.25, 0.3) is 5.65 Å². The molecular weight excluding hydrogens is 189 g/mol. The van der Waals surface area contributed by atoms with Gasteiger partial charge in [0.25, 0.3) is 11.4 Å². The quantitative estimate of drug-likeness (QED) is 0.645. The standard InChI is InChI=1S/C8H8FN3O2/c1-3-4(2)11-12-6(3)10-7(13)5(9)8(12)14/h14H,1-2H3,(H,10,13). The van der Waals surface area contributed by atoms with Crippen molar-refractivity contribution in [2.24, 2.45) is 0 Å². The van der Waals surface area contributed by atoms with E-state index in [2.05, 4.69) is 10.1 Å². The molecule has 0 saturated carbocycles. The van der Waals surface area contributed by atoms with Crippen LogP contribution in [-0.2, 0) is 0 Å². The molecule has 14 heavy (non-hydrogen) atoms. The van der Waals surface area contributed by atoms with E-state index in [1.807, 2.05) is 0 Å². The number of aromatic amines is 1. The fourth-order valence-corrected chi connectivity index (χ4v) is 1.26. The average molecular weight is 197 g/mol. The Bertz CT molecular complexity index is 570. The summed E-state index contributed by atoms with van der Waals surface area (Å²) in [5, 5.41) is 13.2. The molecule has 0 fully saturated rings. The summed E-state index contributed by atoms with van der Waals surface area (Å²) in [6.07, 6.45) is 0. The molecule has 2 rings (SSSR count). The van der Waals surface area contributed by atoms with Crippen LogP contribution in [0.2, 0.25) is 0 Å². The van der Waals surface area contributed by atoms with Crippen LogP contribution < -0.4 is 5.56 Å². The second-order valence-corrected chi connectivity index (χ2v) is 3.06. The van der Waals surface area contributed by atoms with E-state index in [1.165, 1.54) is 0 Å². The van der Waals surface area contributed by atoms with E-state index < -0.39 is 17.3 Å². The third kappa shape index (κ3) is 0.935. The topological polar surface area (TPSA) is 70.4 Å². The first-order valence-corrected chi connectivity index (χ1v) is 3.99. The summed E-state index contributed by atoms with van der Waals surface area (Å²) in [6, 6.07) is 0. The number of hydrogen-bond acceptors (Lipinski definition) is 3. The van der Waals surface area contributed by atoms with Crippen LogP contribution >= 0.6 is 0 Å². The molecule has 0 aliphatic carbocycles. The van der Waals surface area contributed by atoms with Crippen LogP contribution in [0.15, 0.2) is 4.79 Å². The van der Waals surface area contributed by atoms with Gasteiger partial charge < -0.3 is 10.1 Å². The lowest BCUT2D eigenvalue weighted by Gasteiger charge is -1.97. The number of hydrogen-bond donors (Lipinski definition) is 2. The van der Waals surface area contributed by atoms with Crippen LogP contribution in [-0.4, -0.2) is 19.7 Å². The summed E-state index contributed by atoms with van der Waals surface area (Å²) in [5.41, 5.74) is 0.698. The molecule has 0 aliphatic rings.